The minimum Gasteiger partial charge on any atom is -0.339 e. The van der Waals surface area contributed by atoms with Crippen LogP contribution in [0, 0.1) is 0 Å². The number of nitrogens with zero attached hydrogens (tertiary/aromatic N) is 2. The van der Waals surface area contributed by atoms with Crippen molar-refractivity contribution in [2.24, 2.45) is 5.73 Å². The first-order chi connectivity index (χ1) is 9.56. The molecule has 1 heterocycles. The topological polar surface area (TPSA) is 94.0 Å². The van der Waals surface area contributed by atoms with Crippen molar-refractivity contribution in [1.29, 1.82) is 0 Å². The normalized spacial score (nSPS) is 13.1. The van der Waals surface area contributed by atoms with Crippen LogP contribution in [-0.4, -0.2) is 22.1 Å². The summed E-state index contributed by atoms with van der Waals surface area (Å²) in [5.41, 5.74) is 6.51. The Bertz CT molecular complexity index is 571. The molecule has 0 saturated heterocycles. The van der Waals surface area contributed by atoms with Gasteiger partial charge in [0.2, 0.25) is 11.8 Å². The van der Waals surface area contributed by atoms with E-state index < -0.39 is 0 Å². The molecule has 0 bridgehead atoms. The number of rotatable bonds is 5. The first kappa shape index (κ1) is 17.1. The summed E-state index contributed by atoms with van der Waals surface area (Å²) in [5.74, 6) is 0.605. The van der Waals surface area contributed by atoms with Crippen molar-refractivity contribution >= 4 is 24.0 Å². The van der Waals surface area contributed by atoms with Crippen LogP contribution in [0.2, 0.25) is 0 Å². The molecule has 1 aromatic heterocycles. The first-order valence-electron chi connectivity index (χ1n) is 6.49. The molecule has 114 valence electrons. The molecule has 2 aromatic rings. The summed E-state index contributed by atoms with van der Waals surface area (Å²) in [6.07, 6.45) is 0.0735. The third-order valence-electron chi connectivity index (χ3n) is 3.04. The van der Waals surface area contributed by atoms with E-state index in [1.54, 1.807) is 0 Å². The number of carbonyl (C=O) groups excluding carboxylic acids is 1. The summed E-state index contributed by atoms with van der Waals surface area (Å²) < 4.78 is 5.12. The van der Waals surface area contributed by atoms with E-state index in [0.29, 0.717) is 11.7 Å². The average molecular weight is 311 g/mol. The van der Waals surface area contributed by atoms with Crippen LogP contribution in [0.15, 0.2) is 34.9 Å². The summed E-state index contributed by atoms with van der Waals surface area (Å²) in [6, 6.07) is 9.14. The van der Waals surface area contributed by atoms with Crippen LogP contribution in [-0.2, 0) is 11.2 Å². The van der Waals surface area contributed by atoms with Crippen molar-refractivity contribution in [3.05, 3.63) is 42.0 Å². The molecule has 0 fully saturated rings. The Morgan fingerprint density at radius 1 is 1.33 bits per heavy atom. The third-order valence-corrected chi connectivity index (χ3v) is 3.04. The van der Waals surface area contributed by atoms with Crippen molar-refractivity contribution < 1.29 is 9.32 Å². The van der Waals surface area contributed by atoms with E-state index in [-0.39, 0.29) is 36.7 Å². The number of hydrogen-bond acceptors (Lipinski definition) is 5. The Balaban J connectivity index is 0.00000220. The van der Waals surface area contributed by atoms with E-state index in [0.717, 1.165) is 5.69 Å². The molecule has 0 aliphatic carbocycles. The number of nitrogens with one attached hydrogen (secondary N) is 1. The standard InChI is InChI=1S/C14H18N4O2.ClH/c1-9(10(2)15)14-17-12(18-20-14)8-13(19)16-11-6-4-3-5-7-11;/h3-7,9-10H,8,15H2,1-2H3,(H,16,19);1H. The zero-order valence-electron chi connectivity index (χ0n) is 11.9. The van der Waals surface area contributed by atoms with Gasteiger partial charge in [-0.25, -0.2) is 0 Å². The first-order valence-corrected chi connectivity index (χ1v) is 6.49. The fourth-order valence-electron chi connectivity index (χ4n) is 1.62. The molecule has 3 N–H and O–H groups in total. The van der Waals surface area contributed by atoms with Gasteiger partial charge in [0.05, 0.1) is 12.3 Å². The molecule has 7 heteroatoms. The zero-order chi connectivity index (χ0) is 14.5. The van der Waals surface area contributed by atoms with E-state index >= 15 is 0 Å². The molecule has 0 radical (unpaired) electrons. The Morgan fingerprint density at radius 3 is 2.62 bits per heavy atom. The van der Waals surface area contributed by atoms with Crippen LogP contribution in [0.25, 0.3) is 0 Å². The molecule has 21 heavy (non-hydrogen) atoms. The van der Waals surface area contributed by atoms with Crippen LogP contribution in [0.4, 0.5) is 5.69 Å². The van der Waals surface area contributed by atoms with Crippen LogP contribution in [0.1, 0.15) is 31.5 Å². The van der Waals surface area contributed by atoms with E-state index in [1.807, 2.05) is 44.2 Å². The highest BCUT2D eigenvalue weighted by atomic mass is 35.5. The number of benzene rings is 1. The van der Waals surface area contributed by atoms with Gasteiger partial charge in [-0.1, -0.05) is 30.3 Å². The summed E-state index contributed by atoms with van der Waals surface area (Å²) in [6.45, 7) is 3.78. The molecule has 0 aliphatic heterocycles. The van der Waals surface area contributed by atoms with Gasteiger partial charge in [0.25, 0.3) is 0 Å². The van der Waals surface area contributed by atoms with Gasteiger partial charge in [-0.15, -0.1) is 12.4 Å². The van der Waals surface area contributed by atoms with Gasteiger partial charge in [0.15, 0.2) is 5.82 Å². The molecular formula is C14H19ClN4O2. The van der Waals surface area contributed by atoms with Crippen LogP contribution in [0.5, 0.6) is 0 Å². The van der Waals surface area contributed by atoms with Crippen LogP contribution >= 0.6 is 12.4 Å². The third kappa shape index (κ3) is 4.84. The van der Waals surface area contributed by atoms with Gasteiger partial charge >= 0.3 is 0 Å². The summed E-state index contributed by atoms with van der Waals surface area (Å²) in [5, 5.41) is 6.57. The second-order valence-corrected chi connectivity index (χ2v) is 4.79. The molecule has 2 unspecified atom stereocenters. The van der Waals surface area contributed by atoms with Crippen molar-refractivity contribution in [3.8, 4) is 0 Å². The lowest BCUT2D eigenvalue weighted by molar-refractivity contribution is -0.115. The Labute approximate surface area is 129 Å². The number of anilines is 1. The molecule has 1 amide bonds. The highest BCUT2D eigenvalue weighted by Gasteiger charge is 2.19. The highest BCUT2D eigenvalue weighted by Crippen LogP contribution is 2.15. The van der Waals surface area contributed by atoms with Gasteiger partial charge in [-0.3, -0.25) is 4.79 Å². The van der Waals surface area contributed by atoms with E-state index in [1.165, 1.54) is 0 Å². The molecule has 2 atom stereocenters. The molecule has 0 spiro atoms. The second-order valence-electron chi connectivity index (χ2n) is 4.79. The maximum absolute atomic E-state index is 11.8. The molecule has 6 nitrogen and oxygen atoms in total. The number of amides is 1. The van der Waals surface area contributed by atoms with Crippen LogP contribution in [0.3, 0.4) is 0 Å². The predicted octanol–water partition coefficient (Wildman–Crippen LogP) is 2.12. The Kier molecular flexibility index (Phi) is 6.33. The number of para-hydroxylation sites is 1. The number of nitrogens with two attached hydrogens (primary N) is 1. The lowest BCUT2D eigenvalue weighted by Crippen LogP contribution is -2.22. The largest absolute Gasteiger partial charge is 0.339 e. The molecule has 0 aliphatic rings. The van der Waals surface area contributed by atoms with Gasteiger partial charge in [0, 0.05) is 11.7 Å². The lowest BCUT2D eigenvalue weighted by atomic mass is 10.1. The van der Waals surface area contributed by atoms with Gasteiger partial charge in [-0.05, 0) is 19.1 Å². The van der Waals surface area contributed by atoms with Crippen molar-refractivity contribution in [3.63, 3.8) is 0 Å². The average Bonchev–Trinajstić information content (AvgIpc) is 2.87. The van der Waals surface area contributed by atoms with Gasteiger partial charge in [0.1, 0.15) is 0 Å². The van der Waals surface area contributed by atoms with Crippen LogP contribution < -0.4 is 11.1 Å². The molecular weight excluding hydrogens is 292 g/mol. The SMILES string of the molecule is CC(N)C(C)c1nc(CC(=O)Nc2ccccc2)no1.Cl. The van der Waals surface area contributed by atoms with Crippen molar-refractivity contribution in [2.75, 3.05) is 5.32 Å². The monoisotopic (exact) mass is 310 g/mol. The maximum atomic E-state index is 11.8. The smallest absolute Gasteiger partial charge is 0.232 e. The Hall–Kier alpha value is -1.92. The minimum atomic E-state index is -0.183. The van der Waals surface area contributed by atoms with Crippen molar-refractivity contribution in [1.82, 2.24) is 10.1 Å². The number of carbonyl (C=O) groups is 1. The van der Waals surface area contributed by atoms with E-state index in [4.69, 9.17) is 10.3 Å². The molecule has 1 aromatic carbocycles. The summed E-state index contributed by atoms with van der Waals surface area (Å²) >= 11 is 0. The van der Waals surface area contributed by atoms with Crippen molar-refractivity contribution in [2.45, 2.75) is 32.2 Å². The fraction of sp³-hybridized carbons (Fsp3) is 0.357. The Morgan fingerprint density at radius 2 is 2.00 bits per heavy atom. The highest BCUT2D eigenvalue weighted by molar-refractivity contribution is 5.91. The fourth-order valence-corrected chi connectivity index (χ4v) is 1.62. The minimum absolute atomic E-state index is 0. The van der Waals surface area contributed by atoms with Gasteiger partial charge in [-0.2, -0.15) is 4.98 Å². The van der Waals surface area contributed by atoms with E-state index in [9.17, 15) is 4.79 Å². The maximum Gasteiger partial charge on any atom is 0.232 e. The lowest BCUT2D eigenvalue weighted by Gasteiger charge is -2.09. The predicted molar refractivity (Wildman–Crippen MR) is 82.4 cm³/mol. The molecule has 2 rings (SSSR count). The number of aromatic nitrogens is 2. The number of hydrogen-bond donors (Lipinski definition) is 2. The second kappa shape index (κ2) is 7.75. The zero-order valence-corrected chi connectivity index (χ0v) is 12.8. The van der Waals surface area contributed by atoms with Gasteiger partial charge < -0.3 is 15.6 Å². The molecule has 0 saturated carbocycles. The number of halogens is 1. The quantitative estimate of drug-likeness (QED) is 0.882. The summed E-state index contributed by atoms with van der Waals surface area (Å²) in [7, 11) is 0. The summed E-state index contributed by atoms with van der Waals surface area (Å²) in [4.78, 5) is 16.0. The van der Waals surface area contributed by atoms with E-state index in [2.05, 4.69) is 15.5 Å².